The molecule has 0 radical (unpaired) electrons. The number of hydrogen-bond acceptors (Lipinski definition) is 6. The van der Waals surface area contributed by atoms with Gasteiger partial charge in [-0.2, -0.15) is 0 Å². The summed E-state index contributed by atoms with van der Waals surface area (Å²) in [6, 6.07) is 3.69. The number of rotatable bonds is 5. The Morgan fingerprint density at radius 3 is 2.85 bits per heavy atom. The second-order valence-corrected chi connectivity index (χ2v) is 7.33. The lowest BCUT2D eigenvalue weighted by Crippen LogP contribution is -2.30. The fraction of sp³-hybridized carbons (Fsp3) is 0.389. The van der Waals surface area contributed by atoms with Gasteiger partial charge in [-0.1, -0.05) is 18.5 Å². The summed E-state index contributed by atoms with van der Waals surface area (Å²) < 4.78 is 5.21. The van der Waals surface area contributed by atoms with Crippen LogP contribution in [0, 0.1) is 0 Å². The molecule has 0 aromatic carbocycles. The molecule has 0 spiro atoms. The van der Waals surface area contributed by atoms with E-state index in [9.17, 15) is 9.59 Å². The average molecular weight is 394 g/mol. The van der Waals surface area contributed by atoms with Crippen LogP contribution in [0.15, 0.2) is 18.3 Å². The van der Waals surface area contributed by atoms with Crippen LogP contribution in [0.2, 0.25) is 5.15 Å². The first-order valence-corrected chi connectivity index (χ1v) is 9.70. The van der Waals surface area contributed by atoms with E-state index in [-0.39, 0.29) is 11.9 Å². The third kappa shape index (κ3) is 3.83. The first-order valence-electron chi connectivity index (χ1n) is 8.51. The van der Waals surface area contributed by atoms with E-state index in [4.69, 9.17) is 16.3 Å². The topological polar surface area (TPSA) is 71.5 Å². The number of pyridine rings is 1. The molecule has 0 aliphatic carbocycles. The van der Waals surface area contributed by atoms with Gasteiger partial charge in [0.25, 0.3) is 0 Å². The fourth-order valence-electron chi connectivity index (χ4n) is 2.90. The minimum atomic E-state index is -0.377. The van der Waals surface area contributed by atoms with Crippen LogP contribution in [0.1, 0.15) is 41.1 Å². The summed E-state index contributed by atoms with van der Waals surface area (Å²) in [6.45, 7) is 5.25. The van der Waals surface area contributed by atoms with Crippen molar-refractivity contribution < 1.29 is 14.3 Å². The van der Waals surface area contributed by atoms with E-state index in [0.717, 1.165) is 22.7 Å². The van der Waals surface area contributed by atoms with Gasteiger partial charge in [0.15, 0.2) is 0 Å². The summed E-state index contributed by atoms with van der Waals surface area (Å²) in [5, 5.41) is 3.88. The number of nitrogens with one attached hydrogen (secondary N) is 1. The number of anilines is 2. The maximum Gasteiger partial charge on any atom is 0.341 e. The van der Waals surface area contributed by atoms with Crippen molar-refractivity contribution in [1.82, 2.24) is 4.98 Å². The SMILES string of the molecule is CCOC(=O)c1c(NC(=O)CC)sc2c1CCN(c1ccc(Cl)nc1)C2. The van der Waals surface area contributed by atoms with E-state index in [1.54, 1.807) is 26.1 Å². The number of ether oxygens (including phenoxy) is 1. The number of fused-ring (bicyclic) bond motifs is 1. The fourth-order valence-corrected chi connectivity index (χ4v) is 4.28. The van der Waals surface area contributed by atoms with Gasteiger partial charge in [-0.15, -0.1) is 11.3 Å². The summed E-state index contributed by atoms with van der Waals surface area (Å²) in [7, 11) is 0. The molecule has 0 saturated heterocycles. The zero-order valence-corrected chi connectivity index (χ0v) is 16.2. The van der Waals surface area contributed by atoms with Gasteiger partial charge in [0, 0.05) is 17.8 Å². The standard InChI is InChI=1S/C18H20ClN3O3S/c1-3-15(23)21-17-16(18(24)25-4-2)12-7-8-22(10-13(12)26-17)11-5-6-14(19)20-9-11/h5-6,9H,3-4,7-8,10H2,1-2H3,(H,21,23). The maximum atomic E-state index is 12.5. The molecular weight excluding hydrogens is 374 g/mol. The van der Waals surface area contributed by atoms with Crippen LogP contribution in [0.25, 0.3) is 0 Å². The Bertz CT molecular complexity index is 820. The normalized spacial score (nSPS) is 13.3. The number of carbonyl (C=O) groups is 2. The van der Waals surface area contributed by atoms with Crippen LogP contribution in [-0.4, -0.2) is 30.0 Å². The third-order valence-electron chi connectivity index (χ3n) is 4.19. The lowest BCUT2D eigenvalue weighted by Gasteiger charge is -2.28. The highest BCUT2D eigenvalue weighted by molar-refractivity contribution is 7.17. The number of carbonyl (C=O) groups excluding carboxylic acids is 2. The number of hydrogen-bond donors (Lipinski definition) is 1. The Kier molecular flexibility index (Phi) is 5.78. The van der Waals surface area contributed by atoms with Gasteiger partial charge < -0.3 is 15.0 Å². The maximum absolute atomic E-state index is 12.5. The first kappa shape index (κ1) is 18.7. The molecule has 2 aromatic rings. The summed E-state index contributed by atoms with van der Waals surface area (Å²) in [4.78, 5) is 31.7. The molecule has 26 heavy (non-hydrogen) atoms. The minimum absolute atomic E-state index is 0.118. The lowest BCUT2D eigenvalue weighted by molar-refractivity contribution is -0.115. The first-order chi connectivity index (χ1) is 12.5. The van der Waals surface area contributed by atoms with Crippen molar-refractivity contribution in [3.8, 4) is 0 Å². The quantitative estimate of drug-likeness (QED) is 0.616. The number of esters is 1. The van der Waals surface area contributed by atoms with Crippen molar-refractivity contribution >= 4 is 45.5 Å². The molecule has 3 rings (SSSR count). The Morgan fingerprint density at radius 2 is 2.19 bits per heavy atom. The second-order valence-electron chi connectivity index (χ2n) is 5.84. The van der Waals surface area contributed by atoms with Crippen LogP contribution in [-0.2, 0) is 22.5 Å². The van der Waals surface area contributed by atoms with Crippen LogP contribution in [0.4, 0.5) is 10.7 Å². The second kappa shape index (κ2) is 8.05. The highest BCUT2D eigenvalue weighted by atomic mass is 35.5. The van der Waals surface area contributed by atoms with Crippen LogP contribution in [0.3, 0.4) is 0 Å². The largest absolute Gasteiger partial charge is 0.462 e. The zero-order chi connectivity index (χ0) is 18.7. The van der Waals surface area contributed by atoms with Gasteiger partial charge in [0.05, 0.1) is 30.6 Å². The molecule has 0 atom stereocenters. The van der Waals surface area contributed by atoms with Gasteiger partial charge in [-0.05, 0) is 31.0 Å². The average Bonchev–Trinajstić information content (AvgIpc) is 2.99. The van der Waals surface area contributed by atoms with E-state index in [1.807, 2.05) is 6.07 Å². The van der Waals surface area contributed by atoms with Crippen molar-refractivity contribution in [1.29, 1.82) is 0 Å². The predicted molar refractivity (Wildman–Crippen MR) is 103 cm³/mol. The van der Waals surface area contributed by atoms with Crippen LogP contribution < -0.4 is 10.2 Å². The monoisotopic (exact) mass is 393 g/mol. The van der Waals surface area contributed by atoms with Gasteiger partial charge in [0.2, 0.25) is 5.91 Å². The Morgan fingerprint density at radius 1 is 1.38 bits per heavy atom. The van der Waals surface area contributed by atoms with Gasteiger partial charge >= 0.3 is 5.97 Å². The molecule has 0 fully saturated rings. The number of amides is 1. The molecule has 138 valence electrons. The van der Waals surface area contributed by atoms with E-state index >= 15 is 0 Å². The Hall–Kier alpha value is -2.12. The highest BCUT2D eigenvalue weighted by Gasteiger charge is 2.29. The summed E-state index contributed by atoms with van der Waals surface area (Å²) >= 11 is 7.30. The molecule has 0 unspecified atom stereocenters. The van der Waals surface area contributed by atoms with E-state index in [0.29, 0.717) is 41.7 Å². The molecule has 8 heteroatoms. The lowest BCUT2D eigenvalue weighted by atomic mass is 10.0. The molecule has 1 aliphatic heterocycles. The summed E-state index contributed by atoms with van der Waals surface area (Å²) in [6.07, 6.45) is 2.80. The molecule has 0 bridgehead atoms. The Balaban J connectivity index is 1.92. The Labute approximate surface area is 161 Å². The molecule has 1 N–H and O–H groups in total. The van der Waals surface area contributed by atoms with Crippen molar-refractivity contribution in [3.05, 3.63) is 39.5 Å². The molecule has 1 amide bonds. The minimum Gasteiger partial charge on any atom is -0.462 e. The number of halogens is 1. The van der Waals surface area contributed by atoms with Crippen LogP contribution >= 0.6 is 22.9 Å². The number of aromatic nitrogens is 1. The van der Waals surface area contributed by atoms with Gasteiger partial charge in [-0.3, -0.25) is 4.79 Å². The number of nitrogens with zero attached hydrogens (tertiary/aromatic N) is 2. The highest BCUT2D eigenvalue weighted by Crippen LogP contribution is 2.38. The zero-order valence-electron chi connectivity index (χ0n) is 14.7. The van der Waals surface area contributed by atoms with Crippen molar-refractivity contribution in [2.75, 3.05) is 23.4 Å². The van der Waals surface area contributed by atoms with Crippen molar-refractivity contribution in [2.45, 2.75) is 33.2 Å². The molecule has 0 saturated carbocycles. The molecule has 1 aliphatic rings. The van der Waals surface area contributed by atoms with E-state index in [2.05, 4.69) is 15.2 Å². The van der Waals surface area contributed by atoms with E-state index < -0.39 is 0 Å². The smallest absolute Gasteiger partial charge is 0.341 e. The number of thiophene rings is 1. The summed E-state index contributed by atoms with van der Waals surface area (Å²) in [5.41, 5.74) is 2.45. The van der Waals surface area contributed by atoms with Crippen LogP contribution in [0.5, 0.6) is 0 Å². The van der Waals surface area contributed by atoms with Gasteiger partial charge in [-0.25, -0.2) is 9.78 Å². The molecule has 6 nitrogen and oxygen atoms in total. The van der Waals surface area contributed by atoms with Gasteiger partial charge in [0.1, 0.15) is 10.2 Å². The van der Waals surface area contributed by atoms with Crippen molar-refractivity contribution in [2.24, 2.45) is 0 Å². The molecular formula is C18H20ClN3O3S. The molecule has 3 heterocycles. The molecule has 2 aromatic heterocycles. The van der Waals surface area contributed by atoms with Crippen molar-refractivity contribution in [3.63, 3.8) is 0 Å². The third-order valence-corrected chi connectivity index (χ3v) is 5.54. The summed E-state index contributed by atoms with van der Waals surface area (Å²) in [5.74, 6) is -0.495. The predicted octanol–water partition coefficient (Wildman–Crippen LogP) is 3.88. The van der Waals surface area contributed by atoms with E-state index in [1.165, 1.54) is 11.3 Å².